The molecule has 1 unspecified atom stereocenters. The van der Waals surface area contributed by atoms with Crippen LogP contribution >= 0.6 is 0 Å². The van der Waals surface area contributed by atoms with Crippen molar-refractivity contribution in [3.8, 4) is 0 Å². The fourth-order valence-electron chi connectivity index (χ4n) is 1.69. The molecule has 1 amide bonds. The first-order valence-corrected chi connectivity index (χ1v) is 5.22. The quantitative estimate of drug-likeness (QED) is 0.693. The number of rotatable bonds is 3. The molecule has 1 aliphatic carbocycles. The molecule has 82 valence electrons. The molecule has 1 atom stereocenters. The predicted molar refractivity (Wildman–Crippen MR) is 54.8 cm³/mol. The van der Waals surface area contributed by atoms with Crippen LogP contribution in [-0.4, -0.2) is 31.2 Å². The topological polar surface area (TPSA) is 64.3 Å². The SMILES string of the molecule is COC(C)C(=O)NC1CCC(N)CC1. The number of carbonyl (C=O) groups excluding carboxylic acids is 1. The van der Waals surface area contributed by atoms with Crippen molar-refractivity contribution in [1.82, 2.24) is 5.32 Å². The van der Waals surface area contributed by atoms with Gasteiger partial charge in [-0.05, 0) is 32.6 Å². The molecule has 4 nitrogen and oxygen atoms in total. The van der Waals surface area contributed by atoms with Gasteiger partial charge in [0.25, 0.3) is 0 Å². The molecule has 1 fully saturated rings. The molecular weight excluding hydrogens is 180 g/mol. The van der Waals surface area contributed by atoms with Gasteiger partial charge < -0.3 is 15.8 Å². The normalized spacial score (nSPS) is 29.6. The second kappa shape index (κ2) is 5.32. The van der Waals surface area contributed by atoms with E-state index in [1.54, 1.807) is 14.0 Å². The molecule has 0 bridgehead atoms. The minimum atomic E-state index is -0.356. The van der Waals surface area contributed by atoms with E-state index in [-0.39, 0.29) is 12.0 Å². The molecule has 0 radical (unpaired) electrons. The fraction of sp³-hybridized carbons (Fsp3) is 0.900. The molecule has 1 rings (SSSR count). The molecule has 0 aromatic carbocycles. The van der Waals surface area contributed by atoms with Crippen LogP contribution in [0, 0.1) is 0 Å². The van der Waals surface area contributed by atoms with Gasteiger partial charge in [-0.3, -0.25) is 4.79 Å². The van der Waals surface area contributed by atoms with Crippen molar-refractivity contribution >= 4 is 5.91 Å². The van der Waals surface area contributed by atoms with Gasteiger partial charge in [-0.25, -0.2) is 0 Å². The molecule has 0 spiro atoms. The van der Waals surface area contributed by atoms with Crippen LogP contribution in [0.4, 0.5) is 0 Å². The highest BCUT2D eigenvalue weighted by Gasteiger charge is 2.21. The van der Waals surface area contributed by atoms with Gasteiger partial charge in [0.2, 0.25) is 5.91 Å². The highest BCUT2D eigenvalue weighted by molar-refractivity contribution is 5.80. The summed E-state index contributed by atoms with van der Waals surface area (Å²) in [5.41, 5.74) is 5.78. The summed E-state index contributed by atoms with van der Waals surface area (Å²) < 4.78 is 4.94. The number of nitrogens with one attached hydrogen (secondary N) is 1. The summed E-state index contributed by atoms with van der Waals surface area (Å²) in [5, 5.41) is 2.97. The molecule has 3 N–H and O–H groups in total. The second-order valence-corrected chi connectivity index (χ2v) is 4.00. The Labute approximate surface area is 85.2 Å². The van der Waals surface area contributed by atoms with Gasteiger partial charge in [-0.2, -0.15) is 0 Å². The van der Waals surface area contributed by atoms with Crippen LogP contribution in [0.25, 0.3) is 0 Å². The molecule has 0 aromatic heterocycles. The van der Waals surface area contributed by atoms with Crippen LogP contribution in [-0.2, 0) is 9.53 Å². The van der Waals surface area contributed by atoms with Crippen LogP contribution in [0.15, 0.2) is 0 Å². The van der Waals surface area contributed by atoms with E-state index in [9.17, 15) is 4.79 Å². The highest BCUT2D eigenvalue weighted by atomic mass is 16.5. The van der Waals surface area contributed by atoms with Gasteiger partial charge >= 0.3 is 0 Å². The first-order valence-electron chi connectivity index (χ1n) is 5.22. The Morgan fingerprint density at radius 3 is 2.50 bits per heavy atom. The Morgan fingerprint density at radius 2 is 2.00 bits per heavy atom. The number of ether oxygens (including phenoxy) is 1. The average Bonchev–Trinajstić information content (AvgIpc) is 2.20. The van der Waals surface area contributed by atoms with E-state index in [1.165, 1.54) is 0 Å². The Bertz CT molecular complexity index is 189. The Balaban J connectivity index is 2.27. The van der Waals surface area contributed by atoms with Crippen molar-refractivity contribution in [3.05, 3.63) is 0 Å². The van der Waals surface area contributed by atoms with Crippen molar-refractivity contribution in [1.29, 1.82) is 0 Å². The Kier molecular flexibility index (Phi) is 4.35. The van der Waals surface area contributed by atoms with Crippen molar-refractivity contribution < 1.29 is 9.53 Å². The Hall–Kier alpha value is -0.610. The van der Waals surface area contributed by atoms with E-state index in [0.29, 0.717) is 12.1 Å². The number of hydrogen-bond acceptors (Lipinski definition) is 3. The molecular formula is C10H20N2O2. The maximum Gasteiger partial charge on any atom is 0.249 e. The maximum absolute atomic E-state index is 11.5. The molecule has 0 aliphatic heterocycles. The number of hydrogen-bond donors (Lipinski definition) is 2. The zero-order valence-corrected chi connectivity index (χ0v) is 8.95. The number of methoxy groups -OCH3 is 1. The minimum Gasteiger partial charge on any atom is -0.372 e. The lowest BCUT2D eigenvalue weighted by Crippen LogP contribution is -2.44. The second-order valence-electron chi connectivity index (χ2n) is 4.00. The smallest absolute Gasteiger partial charge is 0.249 e. The lowest BCUT2D eigenvalue weighted by molar-refractivity contribution is -0.131. The number of nitrogens with two attached hydrogens (primary N) is 1. The molecule has 0 aromatic rings. The molecule has 0 saturated heterocycles. The van der Waals surface area contributed by atoms with Crippen LogP contribution in [0.1, 0.15) is 32.6 Å². The molecule has 0 heterocycles. The van der Waals surface area contributed by atoms with Crippen LogP contribution in [0.3, 0.4) is 0 Å². The maximum atomic E-state index is 11.5. The molecule has 1 saturated carbocycles. The third-order valence-electron chi connectivity index (χ3n) is 2.84. The van der Waals surface area contributed by atoms with Gasteiger partial charge in [-0.1, -0.05) is 0 Å². The van der Waals surface area contributed by atoms with Crippen LogP contribution in [0.5, 0.6) is 0 Å². The number of carbonyl (C=O) groups is 1. The molecule has 14 heavy (non-hydrogen) atoms. The molecule has 1 aliphatic rings. The van der Waals surface area contributed by atoms with E-state index >= 15 is 0 Å². The van der Waals surface area contributed by atoms with E-state index in [4.69, 9.17) is 10.5 Å². The zero-order valence-electron chi connectivity index (χ0n) is 8.95. The summed E-state index contributed by atoms with van der Waals surface area (Å²) in [4.78, 5) is 11.5. The van der Waals surface area contributed by atoms with Crippen LogP contribution < -0.4 is 11.1 Å². The summed E-state index contributed by atoms with van der Waals surface area (Å²) in [7, 11) is 1.54. The lowest BCUT2D eigenvalue weighted by atomic mass is 9.92. The summed E-state index contributed by atoms with van der Waals surface area (Å²) in [5.74, 6) is -0.0204. The fourth-order valence-corrected chi connectivity index (χ4v) is 1.69. The largest absolute Gasteiger partial charge is 0.372 e. The van der Waals surface area contributed by atoms with E-state index < -0.39 is 0 Å². The van der Waals surface area contributed by atoms with Gasteiger partial charge in [0.15, 0.2) is 0 Å². The van der Waals surface area contributed by atoms with Crippen LogP contribution in [0.2, 0.25) is 0 Å². The zero-order chi connectivity index (χ0) is 10.6. The van der Waals surface area contributed by atoms with Crippen molar-refractivity contribution in [3.63, 3.8) is 0 Å². The van der Waals surface area contributed by atoms with Crippen molar-refractivity contribution in [2.45, 2.75) is 50.8 Å². The van der Waals surface area contributed by atoms with Gasteiger partial charge in [0, 0.05) is 19.2 Å². The lowest BCUT2D eigenvalue weighted by Gasteiger charge is -2.27. The average molecular weight is 200 g/mol. The third-order valence-corrected chi connectivity index (χ3v) is 2.84. The summed E-state index contributed by atoms with van der Waals surface area (Å²) in [6, 6.07) is 0.614. The van der Waals surface area contributed by atoms with Gasteiger partial charge in [0.1, 0.15) is 6.10 Å². The minimum absolute atomic E-state index is 0.0204. The van der Waals surface area contributed by atoms with Gasteiger partial charge in [0.05, 0.1) is 0 Å². The van der Waals surface area contributed by atoms with E-state index in [0.717, 1.165) is 25.7 Å². The van der Waals surface area contributed by atoms with E-state index in [1.807, 2.05) is 0 Å². The highest BCUT2D eigenvalue weighted by Crippen LogP contribution is 2.16. The monoisotopic (exact) mass is 200 g/mol. The van der Waals surface area contributed by atoms with Crippen molar-refractivity contribution in [2.24, 2.45) is 5.73 Å². The summed E-state index contributed by atoms with van der Waals surface area (Å²) in [6.07, 6.45) is 3.64. The summed E-state index contributed by atoms with van der Waals surface area (Å²) >= 11 is 0. The van der Waals surface area contributed by atoms with E-state index in [2.05, 4.69) is 5.32 Å². The summed E-state index contributed by atoms with van der Waals surface area (Å²) in [6.45, 7) is 1.75. The number of amides is 1. The van der Waals surface area contributed by atoms with Gasteiger partial charge in [-0.15, -0.1) is 0 Å². The first kappa shape index (κ1) is 11.5. The third kappa shape index (κ3) is 3.27. The Morgan fingerprint density at radius 1 is 1.43 bits per heavy atom. The van der Waals surface area contributed by atoms with Crippen molar-refractivity contribution in [2.75, 3.05) is 7.11 Å². The standard InChI is InChI=1S/C10H20N2O2/c1-7(14-2)10(13)12-9-5-3-8(11)4-6-9/h7-9H,3-6,11H2,1-2H3,(H,12,13). The molecule has 4 heteroatoms. The predicted octanol–water partition coefficient (Wildman–Crippen LogP) is 0.407. The first-order chi connectivity index (χ1) is 6.63.